The maximum Gasteiger partial charge on any atom is 0.201 e. The summed E-state index contributed by atoms with van der Waals surface area (Å²) in [4.78, 5) is 7.45. The van der Waals surface area contributed by atoms with Gasteiger partial charge in [0, 0.05) is 0 Å². The van der Waals surface area contributed by atoms with E-state index in [-0.39, 0.29) is 0 Å². The van der Waals surface area contributed by atoms with Crippen LogP contribution in [-0.4, -0.2) is 21.5 Å². The lowest BCUT2D eigenvalue weighted by Gasteiger charge is -2.35. The van der Waals surface area contributed by atoms with Gasteiger partial charge in [0.1, 0.15) is 0 Å². The molecule has 0 atom stereocenters. The molecular formula is C9H22N2Si. The van der Waals surface area contributed by atoms with E-state index in [9.17, 15) is 0 Å². The van der Waals surface area contributed by atoms with Crippen LogP contribution in [-0.2, 0) is 0 Å². The third-order valence-corrected chi connectivity index (χ3v) is 7.21. The summed E-state index contributed by atoms with van der Waals surface area (Å²) in [5.41, 5.74) is 0. The molecular weight excluding hydrogens is 164 g/mol. The first-order chi connectivity index (χ1) is 5.83. The standard InChI is InChI=1S/C9H22N2Si/c1-3-10-12(11-4-2)8-6-5-7-9-12/h10-11H,3-9H2,1-2H3. The van der Waals surface area contributed by atoms with Crippen molar-refractivity contribution in [3.05, 3.63) is 0 Å². The summed E-state index contributed by atoms with van der Waals surface area (Å²) in [5.74, 6) is 0. The first-order valence-corrected chi connectivity index (χ1v) is 7.74. The molecule has 0 spiro atoms. The van der Waals surface area contributed by atoms with Crippen molar-refractivity contribution in [3.63, 3.8) is 0 Å². The molecule has 0 amide bonds. The second-order valence-corrected chi connectivity index (χ2v) is 7.57. The van der Waals surface area contributed by atoms with Crippen LogP contribution in [0.2, 0.25) is 12.1 Å². The smallest absolute Gasteiger partial charge is 0.201 e. The highest BCUT2D eigenvalue weighted by Gasteiger charge is 2.33. The van der Waals surface area contributed by atoms with E-state index in [0.717, 1.165) is 13.1 Å². The Morgan fingerprint density at radius 3 is 1.83 bits per heavy atom. The molecule has 1 heterocycles. The molecule has 72 valence electrons. The number of nitrogens with one attached hydrogen (secondary N) is 2. The molecule has 1 fully saturated rings. The van der Waals surface area contributed by atoms with Gasteiger partial charge in [0.25, 0.3) is 0 Å². The Bertz CT molecular complexity index is 106. The highest BCUT2D eigenvalue weighted by Crippen LogP contribution is 2.23. The van der Waals surface area contributed by atoms with Crippen molar-refractivity contribution >= 4 is 8.40 Å². The summed E-state index contributed by atoms with van der Waals surface area (Å²) in [5, 5.41) is 0. The average molecular weight is 186 g/mol. The minimum atomic E-state index is -1.18. The molecule has 0 aromatic heterocycles. The Labute approximate surface area is 77.3 Å². The zero-order chi connectivity index (χ0) is 8.86. The number of hydrogen-bond acceptors (Lipinski definition) is 2. The Morgan fingerprint density at radius 1 is 0.917 bits per heavy atom. The van der Waals surface area contributed by atoms with E-state index in [0.29, 0.717) is 0 Å². The zero-order valence-electron chi connectivity index (χ0n) is 8.45. The quantitative estimate of drug-likeness (QED) is 0.655. The van der Waals surface area contributed by atoms with Gasteiger partial charge in [-0.1, -0.05) is 33.1 Å². The Hall–Kier alpha value is 0.137. The Morgan fingerprint density at radius 2 is 1.42 bits per heavy atom. The summed E-state index contributed by atoms with van der Waals surface area (Å²) in [7, 11) is -1.18. The van der Waals surface area contributed by atoms with E-state index in [1.165, 1.54) is 31.4 Å². The third-order valence-electron chi connectivity index (χ3n) is 2.74. The van der Waals surface area contributed by atoms with E-state index < -0.39 is 8.40 Å². The van der Waals surface area contributed by atoms with Gasteiger partial charge in [-0.2, -0.15) is 0 Å². The summed E-state index contributed by atoms with van der Waals surface area (Å²) < 4.78 is 0. The minimum Gasteiger partial charge on any atom is -0.326 e. The van der Waals surface area contributed by atoms with Crippen molar-refractivity contribution in [2.24, 2.45) is 0 Å². The van der Waals surface area contributed by atoms with Gasteiger partial charge in [0.05, 0.1) is 0 Å². The average Bonchev–Trinajstić information content (AvgIpc) is 2.07. The summed E-state index contributed by atoms with van der Waals surface area (Å²) in [6.45, 7) is 6.72. The number of hydrogen-bond donors (Lipinski definition) is 2. The molecule has 1 saturated heterocycles. The SMILES string of the molecule is CCN[Si]1(NCC)CCCCC1. The minimum absolute atomic E-state index is 1.14. The normalized spacial score (nSPS) is 22.5. The molecule has 0 saturated carbocycles. The lowest BCUT2D eigenvalue weighted by molar-refractivity contribution is 0.660. The molecule has 1 rings (SSSR count). The van der Waals surface area contributed by atoms with E-state index in [2.05, 4.69) is 23.8 Å². The molecule has 0 aliphatic carbocycles. The lowest BCUT2D eigenvalue weighted by Crippen LogP contribution is -2.63. The predicted molar refractivity (Wildman–Crippen MR) is 56.6 cm³/mol. The van der Waals surface area contributed by atoms with Gasteiger partial charge < -0.3 is 9.96 Å². The van der Waals surface area contributed by atoms with Gasteiger partial charge in [0.2, 0.25) is 8.40 Å². The molecule has 0 aromatic rings. The molecule has 12 heavy (non-hydrogen) atoms. The largest absolute Gasteiger partial charge is 0.326 e. The van der Waals surface area contributed by atoms with Gasteiger partial charge in [-0.15, -0.1) is 0 Å². The van der Waals surface area contributed by atoms with E-state index in [1.807, 2.05) is 0 Å². The van der Waals surface area contributed by atoms with Crippen molar-refractivity contribution in [2.45, 2.75) is 45.2 Å². The molecule has 0 bridgehead atoms. The second-order valence-electron chi connectivity index (χ2n) is 3.70. The fraction of sp³-hybridized carbons (Fsp3) is 1.00. The molecule has 0 radical (unpaired) electrons. The zero-order valence-corrected chi connectivity index (χ0v) is 9.45. The van der Waals surface area contributed by atoms with Crippen LogP contribution in [0.1, 0.15) is 33.1 Å². The predicted octanol–water partition coefficient (Wildman–Crippen LogP) is 1.83. The second kappa shape index (κ2) is 4.99. The molecule has 3 heteroatoms. The van der Waals surface area contributed by atoms with Gasteiger partial charge in [0.15, 0.2) is 0 Å². The highest BCUT2D eigenvalue weighted by molar-refractivity contribution is 6.75. The first-order valence-electron chi connectivity index (χ1n) is 5.33. The molecule has 1 aliphatic heterocycles. The maximum atomic E-state index is 3.73. The summed E-state index contributed by atoms with van der Waals surface area (Å²) in [6, 6.07) is 2.88. The fourth-order valence-electron chi connectivity index (χ4n) is 2.25. The topological polar surface area (TPSA) is 24.1 Å². The van der Waals surface area contributed by atoms with Gasteiger partial charge >= 0.3 is 0 Å². The molecule has 0 unspecified atom stereocenters. The van der Waals surface area contributed by atoms with Crippen LogP contribution in [0.25, 0.3) is 0 Å². The van der Waals surface area contributed by atoms with E-state index >= 15 is 0 Å². The Kier molecular flexibility index (Phi) is 4.25. The molecule has 2 N–H and O–H groups in total. The van der Waals surface area contributed by atoms with Gasteiger partial charge in [-0.05, 0) is 25.2 Å². The highest BCUT2D eigenvalue weighted by atomic mass is 28.3. The lowest BCUT2D eigenvalue weighted by atomic mass is 10.3. The van der Waals surface area contributed by atoms with Crippen molar-refractivity contribution in [1.82, 2.24) is 9.96 Å². The van der Waals surface area contributed by atoms with Crippen molar-refractivity contribution in [2.75, 3.05) is 13.1 Å². The monoisotopic (exact) mass is 186 g/mol. The van der Waals surface area contributed by atoms with Crippen LogP contribution in [0.4, 0.5) is 0 Å². The Balaban J connectivity index is 2.44. The fourth-order valence-corrected chi connectivity index (χ4v) is 6.39. The van der Waals surface area contributed by atoms with Crippen molar-refractivity contribution in [1.29, 1.82) is 0 Å². The maximum absolute atomic E-state index is 3.73. The van der Waals surface area contributed by atoms with Crippen molar-refractivity contribution < 1.29 is 0 Å². The molecule has 0 aromatic carbocycles. The van der Waals surface area contributed by atoms with Gasteiger partial charge in [-0.3, -0.25) is 0 Å². The van der Waals surface area contributed by atoms with Crippen LogP contribution in [0.3, 0.4) is 0 Å². The van der Waals surface area contributed by atoms with Crippen LogP contribution in [0.15, 0.2) is 0 Å². The molecule has 1 aliphatic rings. The summed E-state index contributed by atoms with van der Waals surface area (Å²) >= 11 is 0. The third kappa shape index (κ3) is 2.57. The van der Waals surface area contributed by atoms with E-state index in [1.54, 1.807) is 0 Å². The van der Waals surface area contributed by atoms with Gasteiger partial charge in [-0.25, -0.2) is 0 Å². The van der Waals surface area contributed by atoms with Crippen LogP contribution in [0.5, 0.6) is 0 Å². The first kappa shape index (κ1) is 10.2. The van der Waals surface area contributed by atoms with Crippen LogP contribution < -0.4 is 9.96 Å². The van der Waals surface area contributed by atoms with E-state index in [4.69, 9.17) is 0 Å². The summed E-state index contributed by atoms with van der Waals surface area (Å²) in [6.07, 6.45) is 4.32. The van der Waals surface area contributed by atoms with Crippen LogP contribution in [0, 0.1) is 0 Å². The molecule has 2 nitrogen and oxygen atoms in total. The number of rotatable bonds is 4. The van der Waals surface area contributed by atoms with Crippen LogP contribution >= 0.6 is 0 Å². The van der Waals surface area contributed by atoms with Crippen molar-refractivity contribution in [3.8, 4) is 0 Å².